The van der Waals surface area contributed by atoms with E-state index in [4.69, 9.17) is 0 Å². The van der Waals surface area contributed by atoms with Gasteiger partial charge in [-0.2, -0.15) is 0 Å². The van der Waals surface area contributed by atoms with Gasteiger partial charge in [-0.25, -0.2) is 17.2 Å². The van der Waals surface area contributed by atoms with Crippen LogP contribution < -0.4 is 4.31 Å². The van der Waals surface area contributed by atoms with E-state index in [1.807, 2.05) is 36.4 Å². The zero-order valence-corrected chi connectivity index (χ0v) is 18.1. The maximum atomic E-state index is 13.6. The van der Waals surface area contributed by atoms with Crippen LogP contribution in [0.4, 0.5) is 14.5 Å². The summed E-state index contributed by atoms with van der Waals surface area (Å²) in [7, 11) is -3.85. The summed E-state index contributed by atoms with van der Waals surface area (Å²) in [5.41, 5.74) is 1.04. The summed E-state index contributed by atoms with van der Waals surface area (Å²) in [6.07, 6.45) is 5.04. The zero-order valence-electron chi connectivity index (χ0n) is 17.2. The Morgan fingerprint density at radius 3 is 2.32 bits per heavy atom. The van der Waals surface area contributed by atoms with Crippen LogP contribution in [0.25, 0.3) is 6.08 Å². The fraction of sp³-hybridized carbons (Fsp3) is 0.318. The van der Waals surface area contributed by atoms with Gasteiger partial charge in [0.25, 0.3) is 0 Å². The number of hydrogen-bond donors (Lipinski definition) is 0. The molecule has 0 atom stereocenters. The lowest BCUT2D eigenvalue weighted by Gasteiger charge is -2.35. The third kappa shape index (κ3) is 6.35. The molecular weight excluding hydrogens is 424 g/mol. The Bertz CT molecular complexity index is 1040. The van der Waals surface area contributed by atoms with Crippen LogP contribution in [0.5, 0.6) is 0 Å². The van der Waals surface area contributed by atoms with E-state index >= 15 is 0 Å². The molecule has 0 aliphatic carbocycles. The van der Waals surface area contributed by atoms with Crippen molar-refractivity contribution in [3.63, 3.8) is 0 Å². The van der Waals surface area contributed by atoms with Crippen molar-refractivity contribution >= 4 is 27.7 Å². The molecule has 1 heterocycles. The van der Waals surface area contributed by atoms with Gasteiger partial charge >= 0.3 is 0 Å². The minimum Gasteiger partial charge on any atom is -0.339 e. The van der Waals surface area contributed by atoms with Crippen molar-refractivity contribution in [2.24, 2.45) is 0 Å². The van der Waals surface area contributed by atoms with Gasteiger partial charge in [-0.1, -0.05) is 42.5 Å². The molecule has 0 unspecified atom stereocenters. The summed E-state index contributed by atoms with van der Waals surface area (Å²) in [6, 6.07) is 12.7. The summed E-state index contributed by atoms with van der Waals surface area (Å²) in [6.45, 7) is 2.55. The number of sulfonamides is 1. The number of benzene rings is 2. The Morgan fingerprint density at radius 2 is 1.71 bits per heavy atom. The maximum absolute atomic E-state index is 13.6. The summed E-state index contributed by atoms with van der Waals surface area (Å²) < 4.78 is 51.9. The molecule has 0 aromatic heterocycles. The Hall–Kier alpha value is -2.78. The fourth-order valence-corrected chi connectivity index (χ4v) is 4.19. The molecule has 0 saturated carbocycles. The third-order valence-corrected chi connectivity index (χ3v) is 6.21. The summed E-state index contributed by atoms with van der Waals surface area (Å²) >= 11 is 0. The van der Waals surface area contributed by atoms with E-state index in [2.05, 4.69) is 11.0 Å². The third-order valence-electron chi connectivity index (χ3n) is 5.07. The molecule has 166 valence electrons. The second-order valence-electron chi connectivity index (χ2n) is 7.36. The van der Waals surface area contributed by atoms with E-state index in [1.165, 1.54) is 0 Å². The monoisotopic (exact) mass is 449 g/mol. The van der Waals surface area contributed by atoms with Crippen LogP contribution in [0, 0.1) is 11.6 Å². The normalized spacial score (nSPS) is 15.4. The van der Waals surface area contributed by atoms with Crippen molar-refractivity contribution in [3.05, 3.63) is 71.8 Å². The molecule has 2 aromatic rings. The minimum absolute atomic E-state index is 0.0839. The van der Waals surface area contributed by atoms with E-state index in [9.17, 15) is 22.0 Å². The predicted molar refractivity (Wildman–Crippen MR) is 117 cm³/mol. The maximum Gasteiger partial charge on any atom is 0.243 e. The first-order valence-electron chi connectivity index (χ1n) is 9.88. The molecule has 1 fully saturated rings. The Kier molecular flexibility index (Phi) is 7.40. The Labute approximate surface area is 181 Å². The van der Waals surface area contributed by atoms with Crippen LogP contribution >= 0.6 is 0 Å². The first-order chi connectivity index (χ1) is 14.7. The van der Waals surface area contributed by atoms with Crippen LogP contribution in [0.1, 0.15) is 5.56 Å². The quantitative estimate of drug-likeness (QED) is 0.652. The van der Waals surface area contributed by atoms with Crippen LogP contribution in [0.3, 0.4) is 0 Å². The van der Waals surface area contributed by atoms with Crippen molar-refractivity contribution in [2.45, 2.75) is 0 Å². The zero-order chi connectivity index (χ0) is 22.4. The molecule has 0 spiro atoms. The lowest BCUT2D eigenvalue weighted by Crippen LogP contribution is -2.51. The molecule has 9 heteroatoms. The van der Waals surface area contributed by atoms with Crippen LogP contribution in [0.2, 0.25) is 0 Å². The first kappa shape index (κ1) is 22.9. The Morgan fingerprint density at radius 1 is 1.03 bits per heavy atom. The minimum atomic E-state index is -3.85. The van der Waals surface area contributed by atoms with Crippen molar-refractivity contribution in [1.82, 2.24) is 9.80 Å². The summed E-state index contributed by atoms with van der Waals surface area (Å²) in [4.78, 5) is 16.5. The van der Waals surface area contributed by atoms with Crippen molar-refractivity contribution in [1.29, 1.82) is 0 Å². The molecule has 6 nitrogen and oxygen atoms in total. The van der Waals surface area contributed by atoms with E-state index in [-0.39, 0.29) is 11.6 Å². The smallest absolute Gasteiger partial charge is 0.243 e. The predicted octanol–water partition coefficient (Wildman–Crippen LogP) is 2.59. The van der Waals surface area contributed by atoms with Crippen LogP contribution in [-0.2, 0) is 14.8 Å². The lowest BCUT2D eigenvalue weighted by atomic mass is 10.2. The second-order valence-corrected chi connectivity index (χ2v) is 9.27. The standard InChI is InChI=1S/C22H25F2N3O3S/c1-31(29,30)27(19-9-10-20(23)21(24)16-19)17-22(28)26-14-12-25(13-15-26)11-5-8-18-6-3-2-4-7-18/h2-10,16H,11-15,17H2,1H3/b8-5+. The van der Waals surface area contributed by atoms with Gasteiger partial charge < -0.3 is 4.90 Å². The molecule has 31 heavy (non-hydrogen) atoms. The van der Waals surface area contributed by atoms with E-state index in [0.717, 1.165) is 40.9 Å². The van der Waals surface area contributed by atoms with E-state index in [0.29, 0.717) is 26.2 Å². The summed E-state index contributed by atoms with van der Waals surface area (Å²) in [5, 5.41) is 0. The van der Waals surface area contributed by atoms with Crippen LogP contribution in [0.15, 0.2) is 54.6 Å². The molecule has 0 N–H and O–H groups in total. The topological polar surface area (TPSA) is 60.9 Å². The SMILES string of the molecule is CS(=O)(=O)N(CC(=O)N1CCN(C/C=C/c2ccccc2)CC1)c1ccc(F)c(F)c1. The van der Waals surface area contributed by atoms with Crippen molar-refractivity contribution in [3.8, 4) is 0 Å². The largest absolute Gasteiger partial charge is 0.339 e. The van der Waals surface area contributed by atoms with Crippen LogP contribution in [-0.4, -0.2) is 69.6 Å². The number of hydrogen-bond acceptors (Lipinski definition) is 4. The van der Waals surface area contributed by atoms with Gasteiger partial charge in [-0.15, -0.1) is 0 Å². The molecule has 0 radical (unpaired) electrons. The van der Waals surface area contributed by atoms with Crippen molar-refractivity contribution in [2.75, 3.05) is 49.8 Å². The first-order valence-corrected chi connectivity index (χ1v) is 11.7. The average molecular weight is 450 g/mol. The van der Waals surface area contributed by atoms with Gasteiger partial charge in [0, 0.05) is 38.8 Å². The Balaban J connectivity index is 1.56. The fourth-order valence-electron chi connectivity index (χ4n) is 3.34. The molecule has 1 saturated heterocycles. The number of halogens is 2. The van der Waals surface area contributed by atoms with Gasteiger partial charge in [0.2, 0.25) is 15.9 Å². The molecule has 1 aliphatic heterocycles. The highest BCUT2D eigenvalue weighted by Crippen LogP contribution is 2.21. The van der Waals surface area contributed by atoms with Crippen molar-refractivity contribution < 1.29 is 22.0 Å². The van der Waals surface area contributed by atoms with E-state index < -0.39 is 28.2 Å². The molecule has 1 aliphatic rings. The van der Waals surface area contributed by atoms with Gasteiger partial charge in [-0.3, -0.25) is 14.0 Å². The van der Waals surface area contributed by atoms with Gasteiger partial charge in [0.1, 0.15) is 6.54 Å². The van der Waals surface area contributed by atoms with Gasteiger partial charge in [-0.05, 0) is 17.7 Å². The van der Waals surface area contributed by atoms with Gasteiger partial charge in [0.15, 0.2) is 11.6 Å². The highest BCUT2D eigenvalue weighted by Gasteiger charge is 2.27. The number of anilines is 1. The number of rotatable bonds is 7. The number of amides is 1. The molecule has 0 bridgehead atoms. The average Bonchev–Trinajstić information content (AvgIpc) is 2.74. The number of carbonyl (C=O) groups excluding carboxylic acids is 1. The molecule has 2 aromatic carbocycles. The number of piperazine rings is 1. The molecule has 1 amide bonds. The number of nitrogens with zero attached hydrogens (tertiary/aromatic N) is 3. The highest BCUT2D eigenvalue weighted by molar-refractivity contribution is 7.92. The summed E-state index contributed by atoms with van der Waals surface area (Å²) in [5.74, 6) is -2.63. The molecular formula is C22H25F2N3O3S. The second kappa shape index (κ2) is 10.0. The number of carbonyl (C=O) groups is 1. The van der Waals surface area contributed by atoms with E-state index in [1.54, 1.807) is 4.90 Å². The highest BCUT2D eigenvalue weighted by atomic mass is 32.2. The molecule has 3 rings (SSSR count). The lowest BCUT2D eigenvalue weighted by molar-refractivity contribution is -0.131. The van der Waals surface area contributed by atoms with Gasteiger partial charge in [0.05, 0.1) is 11.9 Å².